The predicted molar refractivity (Wildman–Crippen MR) is 86.2 cm³/mol. The molecule has 4 nitrogen and oxygen atoms in total. The second-order valence-corrected chi connectivity index (χ2v) is 6.47. The van der Waals surface area contributed by atoms with E-state index in [4.69, 9.17) is 0 Å². The zero-order valence-corrected chi connectivity index (χ0v) is 13.3. The number of nitrogens with one attached hydrogen (secondary N) is 2. The smallest absolute Gasteiger partial charge is 0.191 e. The van der Waals surface area contributed by atoms with Crippen LogP contribution in [-0.2, 0) is 0 Å². The predicted octanol–water partition coefficient (Wildman–Crippen LogP) is 2.07. The number of likely N-dealkylation sites (tertiary alicyclic amines) is 1. The lowest BCUT2D eigenvalue weighted by molar-refractivity contribution is 0.191. The minimum absolute atomic E-state index is 0.862. The summed E-state index contributed by atoms with van der Waals surface area (Å²) in [5.41, 5.74) is 0. The molecule has 2 N–H and O–H groups in total. The first-order valence-electron chi connectivity index (χ1n) is 8.52. The lowest BCUT2D eigenvalue weighted by Gasteiger charge is -2.30. The van der Waals surface area contributed by atoms with Crippen molar-refractivity contribution in [3.05, 3.63) is 0 Å². The monoisotopic (exact) mass is 280 g/mol. The molecule has 2 aliphatic rings. The zero-order valence-electron chi connectivity index (χ0n) is 13.3. The van der Waals surface area contributed by atoms with Crippen LogP contribution in [0.4, 0.5) is 0 Å². The molecule has 116 valence electrons. The molecule has 4 heteroatoms. The Labute approximate surface area is 124 Å². The van der Waals surface area contributed by atoms with Crippen molar-refractivity contribution in [2.24, 2.45) is 16.8 Å². The second kappa shape index (κ2) is 8.50. The zero-order chi connectivity index (χ0) is 14.2. The average Bonchev–Trinajstić information content (AvgIpc) is 3.27. The van der Waals surface area contributed by atoms with Crippen LogP contribution in [0.15, 0.2) is 4.99 Å². The van der Waals surface area contributed by atoms with Crippen molar-refractivity contribution >= 4 is 5.96 Å². The molecule has 1 saturated heterocycles. The Bertz CT molecular complexity index is 291. The summed E-state index contributed by atoms with van der Waals surface area (Å²) in [6.45, 7) is 11.3. The molecule has 0 radical (unpaired) electrons. The molecule has 2 rings (SSSR count). The average molecular weight is 280 g/mol. The molecule has 0 bridgehead atoms. The molecule has 0 aromatic heterocycles. The summed E-state index contributed by atoms with van der Waals surface area (Å²) < 4.78 is 0. The van der Waals surface area contributed by atoms with Crippen molar-refractivity contribution in [2.75, 3.05) is 39.3 Å². The van der Waals surface area contributed by atoms with Gasteiger partial charge in [0.1, 0.15) is 0 Å². The van der Waals surface area contributed by atoms with Gasteiger partial charge in [-0.2, -0.15) is 0 Å². The summed E-state index contributed by atoms with van der Waals surface area (Å²) in [6.07, 6.45) is 6.70. The van der Waals surface area contributed by atoms with E-state index in [1.54, 1.807) is 0 Å². The highest BCUT2D eigenvalue weighted by Gasteiger charge is 2.20. The summed E-state index contributed by atoms with van der Waals surface area (Å²) in [4.78, 5) is 7.26. The molecular formula is C16H32N4. The van der Waals surface area contributed by atoms with Gasteiger partial charge in [0.15, 0.2) is 5.96 Å². The lowest BCUT2D eigenvalue weighted by atomic mass is 9.99. The van der Waals surface area contributed by atoms with Gasteiger partial charge < -0.3 is 15.5 Å². The normalized spacial score (nSPS) is 22.0. The van der Waals surface area contributed by atoms with E-state index in [1.165, 1.54) is 51.7 Å². The third-order valence-corrected chi connectivity index (χ3v) is 4.37. The Hall–Kier alpha value is -0.770. The molecule has 0 atom stereocenters. The Morgan fingerprint density at radius 3 is 2.55 bits per heavy atom. The molecule has 0 spiro atoms. The third kappa shape index (κ3) is 6.12. The lowest BCUT2D eigenvalue weighted by Crippen LogP contribution is -2.40. The van der Waals surface area contributed by atoms with Crippen LogP contribution in [0.3, 0.4) is 0 Å². The van der Waals surface area contributed by atoms with E-state index in [1.807, 2.05) is 0 Å². The maximum absolute atomic E-state index is 4.65. The molecular weight excluding hydrogens is 248 g/mol. The Morgan fingerprint density at radius 1 is 1.15 bits per heavy atom. The molecule has 20 heavy (non-hydrogen) atoms. The Balaban J connectivity index is 1.56. The van der Waals surface area contributed by atoms with Crippen molar-refractivity contribution in [3.8, 4) is 0 Å². The maximum Gasteiger partial charge on any atom is 0.191 e. The van der Waals surface area contributed by atoms with Crippen LogP contribution in [0.25, 0.3) is 0 Å². The first kappa shape index (κ1) is 15.6. The van der Waals surface area contributed by atoms with E-state index < -0.39 is 0 Å². The topological polar surface area (TPSA) is 39.7 Å². The summed E-state index contributed by atoms with van der Waals surface area (Å²) in [6, 6.07) is 0. The first-order chi connectivity index (χ1) is 9.78. The summed E-state index contributed by atoms with van der Waals surface area (Å²) >= 11 is 0. The van der Waals surface area contributed by atoms with E-state index in [-0.39, 0.29) is 0 Å². The van der Waals surface area contributed by atoms with Crippen molar-refractivity contribution < 1.29 is 0 Å². The van der Waals surface area contributed by atoms with E-state index in [0.29, 0.717) is 0 Å². The Kier molecular flexibility index (Phi) is 6.64. The van der Waals surface area contributed by atoms with E-state index >= 15 is 0 Å². The van der Waals surface area contributed by atoms with Gasteiger partial charge in [-0.25, -0.2) is 0 Å². The van der Waals surface area contributed by atoms with Crippen LogP contribution >= 0.6 is 0 Å². The van der Waals surface area contributed by atoms with Gasteiger partial charge >= 0.3 is 0 Å². The highest BCUT2D eigenvalue weighted by molar-refractivity contribution is 5.79. The highest BCUT2D eigenvalue weighted by atomic mass is 15.2. The third-order valence-electron chi connectivity index (χ3n) is 4.37. The van der Waals surface area contributed by atoms with Crippen molar-refractivity contribution in [2.45, 2.75) is 46.0 Å². The molecule has 0 aromatic carbocycles. The highest BCUT2D eigenvalue weighted by Crippen LogP contribution is 2.28. The van der Waals surface area contributed by atoms with Gasteiger partial charge in [-0.05, 0) is 70.5 Å². The van der Waals surface area contributed by atoms with Gasteiger partial charge in [-0.3, -0.25) is 4.99 Å². The van der Waals surface area contributed by atoms with Crippen LogP contribution in [0.1, 0.15) is 46.0 Å². The molecule has 0 aromatic rings. The van der Waals surface area contributed by atoms with Gasteiger partial charge in [0.2, 0.25) is 0 Å². The molecule has 0 unspecified atom stereocenters. The molecule has 2 fully saturated rings. The van der Waals surface area contributed by atoms with Crippen LogP contribution in [0, 0.1) is 11.8 Å². The summed E-state index contributed by atoms with van der Waals surface area (Å²) in [7, 11) is 0. The minimum Gasteiger partial charge on any atom is -0.357 e. The van der Waals surface area contributed by atoms with Crippen LogP contribution < -0.4 is 10.6 Å². The van der Waals surface area contributed by atoms with E-state index in [0.717, 1.165) is 37.4 Å². The molecule has 1 aliphatic carbocycles. The second-order valence-electron chi connectivity index (χ2n) is 6.47. The number of hydrogen-bond donors (Lipinski definition) is 2. The number of guanidine groups is 1. The fraction of sp³-hybridized carbons (Fsp3) is 0.938. The van der Waals surface area contributed by atoms with Crippen LogP contribution in [-0.4, -0.2) is 50.1 Å². The quantitative estimate of drug-likeness (QED) is 0.426. The largest absolute Gasteiger partial charge is 0.357 e. The standard InChI is InChI=1S/C16H32N4/c1-3-17-16(19-13-15-5-6-15)18-9-4-10-20-11-7-14(2)8-12-20/h14-15H,3-13H2,1-2H3,(H2,17,18,19). The summed E-state index contributed by atoms with van der Waals surface area (Å²) in [5.74, 6) is 2.80. The molecule has 1 heterocycles. The number of piperidine rings is 1. The van der Waals surface area contributed by atoms with Crippen molar-refractivity contribution in [1.82, 2.24) is 15.5 Å². The minimum atomic E-state index is 0.862. The van der Waals surface area contributed by atoms with Gasteiger partial charge in [0, 0.05) is 19.6 Å². The molecule has 1 aliphatic heterocycles. The summed E-state index contributed by atoms with van der Waals surface area (Å²) in [5, 5.41) is 6.80. The number of hydrogen-bond acceptors (Lipinski definition) is 2. The maximum atomic E-state index is 4.65. The fourth-order valence-corrected chi connectivity index (χ4v) is 2.66. The van der Waals surface area contributed by atoms with Gasteiger partial charge in [0.05, 0.1) is 0 Å². The molecule has 1 saturated carbocycles. The fourth-order valence-electron chi connectivity index (χ4n) is 2.66. The first-order valence-corrected chi connectivity index (χ1v) is 8.52. The van der Waals surface area contributed by atoms with Crippen molar-refractivity contribution in [1.29, 1.82) is 0 Å². The van der Waals surface area contributed by atoms with Gasteiger partial charge in [-0.15, -0.1) is 0 Å². The van der Waals surface area contributed by atoms with Crippen LogP contribution in [0.2, 0.25) is 0 Å². The van der Waals surface area contributed by atoms with Gasteiger partial charge in [-0.1, -0.05) is 6.92 Å². The van der Waals surface area contributed by atoms with Gasteiger partial charge in [0.25, 0.3) is 0 Å². The van der Waals surface area contributed by atoms with E-state index in [9.17, 15) is 0 Å². The van der Waals surface area contributed by atoms with Crippen LogP contribution in [0.5, 0.6) is 0 Å². The SMILES string of the molecule is CCNC(=NCC1CC1)NCCCN1CCC(C)CC1. The molecule has 0 amide bonds. The van der Waals surface area contributed by atoms with E-state index in [2.05, 4.69) is 34.4 Å². The van der Waals surface area contributed by atoms with Crippen molar-refractivity contribution in [3.63, 3.8) is 0 Å². The number of aliphatic imine (C=N–C) groups is 1. The number of nitrogens with zero attached hydrogens (tertiary/aromatic N) is 2. The Morgan fingerprint density at radius 2 is 1.90 bits per heavy atom. The number of rotatable bonds is 7.